The van der Waals surface area contributed by atoms with E-state index in [0.29, 0.717) is 12.0 Å². The summed E-state index contributed by atoms with van der Waals surface area (Å²) in [6.45, 7) is 0. The Kier molecular flexibility index (Phi) is 6.49. The van der Waals surface area contributed by atoms with Gasteiger partial charge in [0, 0.05) is 11.3 Å². The standard InChI is InChI=1S/C23H22FNO2S/c24-20-14-8-7-13-19(20)23(18-11-5-2-6-12-18,28-16-21(25)22(26)27)15-17-9-3-1-4-10-17/h1-14,21H,15-16,25H2,(H,26,27)/t21-,23?/m0/s1. The zero-order chi connectivity index (χ0) is 20.0. The van der Waals surface area contributed by atoms with Crippen LogP contribution in [0.4, 0.5) is 4.39 Å². The van der Waals surface area contributed by atoms with Gasteiger partial charge < -0.3 is 10.8 Å². The van der Waals surface area contributed by atoms with Crippen molar-refractivity contribution in [1.82, 2.24) is 0 Å². The first-order chi connectivity index (χ1) is 13.5. The molecule has 3 aromatic rings. The Balaban J connectivity index is 2.16. The molecular formula is C23H22FNO2S. The van der Waals surface area contributed by atoms with E-state index in [1.165, 1.54) is 17.8 Å². The van der Waals surface area contributed by atoms with Crippen LogP contribution in [0.25, 0.3) is 0 Å². The van der Waals surface area contributed by atoms with Gasteiger partial charge in [0.2, 0.25) is 0 Å². The molecule has 5 heteroatoms. The maximum Gasteiger partial charge on any atom is 0.321 e. The molecule has 0 aliphatic heterocycles. The zero-order valence-electron chi connectivity index (χ0n) is 15.3. The molecule has 0 amide bonds. The first-order valence-corrected chi connectivity index (χ1v) is 9.98. The molecule has 3 nitrogen and oxygen atoms in total. The zero-order valence-corrected chi connectivity index (χ0v) is 16.1. The molecule has 0 radical (unpaired) electrons. The summed E-state index contributed by atoms with van der Waals surface area (Å²) in [5.74, 6) is -1.23. The first-order valence-electron chi connectivity index (χ1n) is 9.00. The number of rotatable bonds is 8. The van der Waals surface area contributed by atoms with Crippen LogP contribution < -0.4 is 5.73 Å². The number of nitrogens with two attached hydrogens (primary N) is 1. The Morgan fingerprint density at radius 2 is 1.54 bits per heavy atom. The summed E-state index contributed by atoms with van der Waals surface area (Å²) in [6, 6.07) is 25.1. The van der Waals surface area contributed by atoms with E-state index in [9.17, 15) is 14.3 Å². The highest BCUT2D eigenvalue weighted by molar-refractivity contribution is 8.00. The minimum Gasteiger partial charge on any atom is -0.480 e. The van der Waals surface area contributed by atoms with Gasteiger partial charge in [-0.3, -0.25) is 4.79 Å². The van der Waals surface area contributed by atoms with E-state index in [2.05, 4.69) is 0 Å². The molecule has 28 heavy (non-hydrogen) atoms. The van der Waals surface area contributed by atoms with E-state index in [-0.39, 0.29) is 11.6 Å². The fourth-order valence-electron chi connectivity index (χ4n) is 3.25. The van der Waals surface area contributed by atoms with Gasteiger partial charge in [0.25, 0.3) is 0 Å². The quantitative estimate of drug-likeness (QED) is 0.591. The second kappa shape index (κ2) is 9.04. The van der Waals surface area contributed by atoms with Crippen LogP contribution >= 0.6 is 11.8 Å². The molecule has 144 valence electrons. The van der Waals surface area contributed by atoms with E-state index in [0.717, 1.165) is 11.1 Å². The third-order valence-corrected chi connectivity index (χ3v) is 6.29. The Labute approximate surface area is 168 Å². The van der Waals surface area contributed by atoms with Gasteiger partial charge in [-0.25, -0.2) is 4.39 Å². The molecule has 1 unspecified atom stereocenters. The molecule has 3 rings (SSSR count). The smallest absolute Gasteiger partial charge is 0.321 e. The second-order valence-corrected chi connectivity index (χ2v) is 7.91. The summed E-state index contributed by atoms with van der Waals surface area (Å²) >= 11 is 1.37. The van der Waals surface area contributed by atoms with Crippen LogP contribution in [0.3, 0.4) is 0 Å². The maximum absolute atomic E-state index is 15.0. The normalized spacial score (nSPS) is 14.2. The minimum atomic E-state index is -1.07. The molecule has 2 atom stereocenters. The van der Waals surface area contributed by atoms with Gasteiger partial charge in [0.05, 0.1) is 4.75 Å². The average molecular weight is 395 g/mol. The molecule has 0 aliphatic rings. The molecule has 0 saturated heterocycles. The number of hydrogen-bond acceptors (Lipinski definition) is 3. The number of thioether (sulfide) groups is 1. The topological polar surface area (TPSA) is 63.3 Å². The van der Waals surface area contributed by atoms with Gasteiger partial charge in [0.1, 0.15) is 11.9 Å². The SMILES string of the molecule is N[C@@H](CSC(Cc1ccccc1)(c1ccccc1)c1ccccc1F)C(=O)O. The number of hydrogen-bond donors (Lipinski definition) is 2. The average Bonchev–Trinajstić information content (AvgIpc) is 2.72. The van der Waals surface area contributed by atoms with Gasteiger partial charge >= 0.3 is 5.97 Å². The van der Waals surface area contributed by atoms with Crippen LogP contribution in [0.15, 0.2) is 84.9 Å². The molecule has 0 saturated carbocycles. The predicted molar refractivity (Wildman–Crippen MR) is 112 cm³/mol. The highest BCUT2D eigenvalue weighted by Crippen LogP contribution is 2.46. The molecule has 0 heterocycles. The molecule has 3 N–H and O–H groups in total. The lowest BCUT2D eigenvalue weighted by Crippen LogP contribution is -2.36. The van der Waals surface area contributed by atoms with E-state index >= 15 is 0 Å². The Morgan fingerprint density at radius 3 is 2.14 bits per heavy atom. The van der Waals surface area contributed by atoms with Crippen molar-refractivity contribution >= 4 is 17.7 Å². The van der Waals surface area contributed by atoms with Gasteiger partial charge in [-0.05, 0) is 23.6 Å². The lowest BCUT2D eigenvalue weighted by Gasteiger charge is -2.35. The monoisotopic (exact) mass is 395 g/mol. The van der Waals surface area contributed by atoms with Gasteiger partial charge in [-0.2, -0.15) is 0 Å². The van der Waals surface area contributed by atoms with E-state index < -0.39 is 16.8 Å². The number of benzene rings is 3. The molecule has 0 spiro atoms. The maximum atomic E-state index is 15.0. The minimum absolute atomic E-state index is 0.158. The fourth-order valence-corrected chi connectivity index (χ4v) is 4.75. The van der Waals surface area contributed by atoms with E-state index in [4.69, 9.17) is 5.73 Å². The van der Waals surface area contributed by atoms with Gasteiger partial charge in [-0.15, -0.1) is 11.8 Å². The van der Waals surface area contributed by atoms with Crippen molar-refractivity contribution in [2.24, 2.45) is 5.73 Å². The second-order valence-electron chi connectivity index (χ2n) is 6.59. The summed E-state index contributed by atoms with van der Waals surface area (Å²) in [5, 5.41) is 9.25. The summed E-state index contributed by atoms with van der Waals surface area (Å²) < 4.78 is 14.2. The highest BCUT2D eigenvalue weighted by Gasteiger charge is 2.38. The van der Waals surface area contributed by atoms with Gasteiger partial charge in [0.15, 0.2) is 0 Å². The Bertz CT molecular complexity index is 920. The number of carboxylic acid groups (broad SMARTS) is 1. The Hall–Kier alpha value is -2.63. The van der Waals surface area contributed by atoms with Crippen molar-refractivity contribution in [3.63, 3.8) is 0 Å². The summed E-state index contributed by atoms with van der Waals surface area (Å²) in [4.78, 5) is 11.3. The molecule has 0 aromatic heterocycles. The van der Waals surface area contributed by atoms with Crippen LogP contribution in [-0.4, -0.2) is 22.9 Å². The largest absolute Gasteiger partial charge is 0.480 e. The molecule has 3 aromatic carbocycles. The number of halogens is 1. The van der Waals surface area contributed by atoms with Crippen LogP contribution in [0.5, 0.6) is 0 Å². The molecule has 0 bridgehead atoms. The van der Waals surface area contributed by atoms with Crippen molar-refractivity contribution in [3.05, 3.63) is 107 Å². The lowest BCUT2D eigenvalue weighted by molar-refractivity contribution is -0.137. The molecular weight excluding hydrogens is 373 g/mol. The summed E-state index contributed by atoms with van der Waals surface area (Å²) in [6.07, 6.45) is 0.510. The number of carbonyl (C=O) groups is 1. The predicted octanol–water partition coefficient (Wildman–Crippen LogP) is 4.46. The Morgan fingerprint density at radius 1 is 0.964 bits per heavy atom. The van der Waals surface area contributed by atoms with Crippen LogP contribution in [0, 0.1) is 5.82 Å². The van der Waals surface area contributed by atoms with Crippen LogP contribution in [-0.2, 0) is 16.0 Å². The van der Waals surface area contributed by atoms with Crippen molar-refractivity contribution in [1.29, 1.82) is 0 Å². The van der Waals surface area contributed by atoms with Crippen LogP contribution in [0.2, 0.25) is 0 Å². The third kappa shape index (κ3) is 4.43. The van der Waals surface area contributed by atoms with Crippen molar-refractivity contribution in [2.45, 2.75) is 17.2 Å². The first kappa shape index (κ1) is 20.1. The summed E-state index contributed by atoms with van der Waals surface area (Å²) in [5.41, 5.74) is 8.26. The van der Waals surface area contributed by atoms with Crippen molar-refractivity contribution in [2.75, 3.05) is 5.75 Å². The van der Waals surface area contributed by atoms with E-state index in [1.807, 2.05) is 60.7 Å². The fraction of sp³-hybridized carbons (Fsp3) is 0.174. The molecule has 0 fully saturated rings. The number of carboxylic acids is 1. The van der Waals surface area contributed by atoms with E-state index in [1.54, 1.807) is 18.2 Å². The van der Waals surface area contributed by atoms with Gasteiger partial charge in [-0.1, -0.05) is 78.9 Å². The summed E-state index contributed by atoms with van der Waals surface area (Å²) in [7, 11) is 0. The van der Waals surface area contributed by atoms with Crippen molar-refractivity contribution < 1.29 is 14.3 Å². The van der Waals surface area contributed by atoms with Crippen molar-refractivity contribution in [3.8, 4) is 0 Å². The third-order valence-electron chi connectivity index (χ3n) is 4.67. The lowest BCUT2D eigenvalue weighted by atomic mass is 9.84. The van der Waals surface area contributed by atoms with Crippen LogP contribution in [0.1, 0.15) is 16.7 Å². The number of aliphatic carboxylic acids is 1. The highest BCUT2D eigenvalue weighted by atomic mass is 32.2. The molecule has 0 aliphatic carbocycles.